The fourth-order valence-corrected chi connectivity index (χ4v) is 3.07. The fourth-order valence-electron chi connectivity index (χ4n) is 2.23. The number of nitro benzene ring substituents is 1. The lowest BCUT2D eigenvalue weighted by atomic mass is 10.2. The maximum atomic E-state index is 10.7. The molecule has 112 valence electrons. The molecule has 0 aliphatic rings. The lowest BCUT2D eigenvalue weighted by Crippen LogP contribution is -1.92. The van der Waals surface area contributed by atoms with Crippen molar-refractivity contribution in [3.05, 3.63) is 64.7 Å². The predicted molar refractivity (Wildman–Crippen MR) is 86.2 cm³/mol. The van der Waals surface area contributed by atoms with E-state index in [1.54, 1.807) is 16.6 Å². The van der Waals surface area contributed by atoms with Crippen LogP contribution in [0.15, 0.2) is 54.6 Å². The molecule has 0 unspecified atom stereocenters. The van der Waals surface area contributed by atoms with Crippen LogP contribution in [-0.4, -0.2) is 24.7 Å². The van der Waals surface area contributed by atoms with E-state index in [4.69, 9.17) is 0 Å². The van der Waals surface area contributed by atoms with E-state index in [-0.39, 0.29) is 5.69 Å². The topological polar surface area (TPSA) is 86.2 Å². The Bertz CT molecular complexity index is 992. The smallest absolute Gasteiger partial charge is 0.258 e. The molecule has 2 aromatic heterocycles. The van der Waals surface area contributed by atoms with E-state index in [9.17, 15) is 10.1 Å². The van der Waals surface area contributed by atoms with Gasteiger partial charge in [0.2, 0.25) is 4.96 Å². The minimum Gasteiger partial charge on any atom is -0.258 e. The second-order valence-corrected chi connectivity index (χ2v) is 5.75. The predicted octanol–water partition coefficient (Wildman–Crippen LogP) is 3.43. The van der Waals surface area contributed by atoms with Gasteiger partial charge in [-0.15, -0.1) is 10.2 Å². The van der Waals surface area contributed by atoms with Crippen molar-refractivity contribution in [2.75, 3.05) is 0 Å². The largest absolute Gasteiger partial charge is 0.269 e. The molecule has 0 amide bonds. The third-order valence-electron chi connectivity index (χ3n) is 3.35. The summed E-state index contributed by atoms with van der Waals surface area (Å²) in [6.45, 7) is 0. The molecule has 0 N–H and O–H groups in total. The van der Waals surface area contributed by atoms with Gasteiger partial charge in [0.15, 0.2) is 5.82 Å². The van der Waals surface area contributed by atoms with Crippen molar-refractivity contribution in [3.8, 4) is 22.0 Å². The summed E-state index contributed by atoms with van der Waals surface area (Å²) in [5.41, 5.74) is 1.78. The average Bonchev–Trinajstić information content (AvgIpc) is 3.16. The van der Waals surface area contributed by atoms with Crippen molar-refractivity contribution >= 4 is 22.0 Å². The van der Waals surface area contributed by atoms with Gasteiger partial charge in [-0.3, -0.25) is 10.1 Å². The molecule has 0 aliphatic heterocycles. The molecule has 0 bridgehead atoms. The van der Waals surface area contributed by atoms with Gasteiger partial charge in [0, 0.05) is 23.3 Å². The number of benzene rings is 2. The van der Waals surface area contributed by atoms with Gasteiger partial charge in [0.1, 0.15) is 5.01 Å². The highest BCUT2D eigenvalue weighted by Gasteiger charge is 2.15. The number of nitro groups is 1. The Kier molecular flexibility index (Phi) is 3.09. The van der Waals surface area contributed by atoms with Crippen molar-refractivity contribution in [1.82, 2.24) is 19.8 Å². The van der Waals surface area contributed by atoms with Gasteiger partial charge in [0.25, 0.3) is 5.69 Å². The minimum absolute atomic E-state index is 0.0396. The van der Waals surface area contributed by atoms with E-state index >= 15 is 0 Å². The maximum absolute atomic E-state index is 10.7. The third kappa shape index (κ3) is 2.34. The summed E-state index contributed by atoms with van der Waals surface area (Å²) >= 11 is 1.44. The van der Waals surface area contributed by atoms with Gasteiger partial charge in [-0.25, -0.2) is 0 Å². The molecular weight excluding hydrogens is 314 g/mol. The van der Waals surface area contributed by atoms with Gasteiger partial charge in [0.05, 0.1) is 4.92 Å². The van der Waals surface area contributed by atoms with Crippen LogP contribution in [0.3, 0.4) is 0 Å². The van der Waals surface area contributed by atoms with Crippen LogP contribution in [-0.2, 0) is 0 Å². The Morgan fingerprint density at radius 3 is 2.39 bits per heavy atom. The number of hydrogen-bond acceptors (Lipinski definition) is 6. The highest BCUT2D eigenvalue weighted by Crippen LogP contribution is 2.28. The molecule has 0 aliphatic carbocycles. The normalized spacial score (nSPS) is 11.0. The Morgan fingerprint density at radius 2 is 1.70 bits per heavy atom. The lowest BCUT2D eigenvalue weighted by Gasteiger charge is -1.97. The van der Waals surface area contributed by atoms with Crippen molar-refractivity contribution in [2.45, 2.75) is 0 Å². The molecule has 2 aromatic carbocycles. The molecule has 4 aromatic rings. The molecule has 8 heteroatoms. The number of aromatic nitrogens is 4. The van der Waals surface area contributed by atoms with E-state index in [1.165, 1.54) is 23.5 Å². The van der Waals surface area contributed by atoms with Gasteiger partial charge >= 0.3 is 0 Å². The fraction of sp³-hybridized carbons (Fsp3) is 0. The summed E-state index contributed by atoms with van der Waals surface area (Å²) in [5.74, 6) is 0.563. The summed E-state index contributed by atoms with van der Waals surface area (Å²) in [4.78, 5) is 11.0. The summed E-state index contributed by atoms with van der Waals surface area (Å²) < 4.78 is 1.66. The first-order chi connectivity index (χ1) is 11.2. The van der Waals surface area contributed by atoms with Crippen LogP contribution in [0.2, 0.25) is 0 Å². The molecule has 0 saturated carbocycles. The van der Waals surface area contributed by atoms with Gasteiger partial charge in [-0.1, -0.05) is 41.7 Å². The van der Waals surface area contributed by atoms with Crippen molar-refractivity contribution in [1.29, 1.82) is 0 Å². The van der Waals surface area contributed by atoms with Gasteiger partial charge in [-0.2, -0.15) is 9.61 Å². The minimum atomic E-state index is -0.431. The highest BCUT2D eigenvalue weighted by atomic mass is 32.1. The van der Waals surface area contributed by atoms with E-state index in [1.807, 2.05) is 30.3 Å². The monoisotopic (exact) mass is 323 g/mol. The summed E-state index contributed by atoms with van der Waals surface area (Å²) in [5, 5.41) is 24.4. The van der Waals surface area contributed by atoms with Crippen LogP contribution in [0.25, 0.3) is 26.9 Å². The zero-order chi connectivity index (χ0) is 15.8. The Hall–Kier alpha value is -3.13. The number of rotatable bonds is 3. The molecule has 0 radical (unpaired) electrons. The third-order valence-corrected chi connectivity index (χ3v) is 4.30. The first-order valence-corrected chi connectivity index (χ1v) is 7.56. The zero-order valence-electron chi connectivity index (χ0n) is 11.7. The standard InChI is InChI=1S/C15H9N5O2S/c21-20(22)12-8-6-10(7-9-12)13-16-17-15-19(13)18-14(23-15)11-4-2-1-3-5-11/h1-9H. The van der Waals surface area contributed by atoms with E-state index in [0.29, 0.717) is 10.8 Å². The molecule has 4 rings (SSSR count). The quantitative estimate of drug-likeness (QED) is 0.426. The van der Waals surface area contributed by atoms with Crippen molar-refractivity contribution in [3.63, 3.8) is 0 Å². The molecule has 2 heterocycles. The number of hydrogen-bond donors (Lipinski definition) is 0. The Balaban J connectivity index is 1.79. The molecule has 0 spiro atoms. The lowest BCUT2D eigenvalue weighted by molar-refractivity contribution is -0.384. The molecular formula is C15H9N5O2S. The number of fused-ring (bicyclic) bond motifs is 1. The SMILES string of the molecule is O=[N+]([O-])c1ccc(-c2nnc3sc(-c4ccccc4)nn23)cc1. The summed E-state index contributed by atoms with van der Waals surface area (Å²) in [6.07, 6.45) is 0. The first kappa shape index (κ1) is 13.5. The maximum Gasteiger partial charge on any atom is 0.269 e. The zero-order valence-corrected chi connectivity index (χ0v) is 12.5. The molecule has 0 saturated heterocycles. The number of non-ortho nitro benzene ring substituents is 1. The Morgan fingerprint density at radius 1 is 0.957 bits per heavy atom. The van der Waals surface area contributed by atoms with Gasteiger partial charge in [-0.05, 0) is 12.1 Å². The van der Waals surface area contributed by atoms with Crippen LogP contribution in [0.1, 0.15) is 0 Å². The molecule has 0 atom stereocenters. The molecule has 0 fully saturated rings. The highest BCUT2D eigenvalue weighted by molar-refractivity contribution is 7.19. The molecule has 23 heavy (non-hydrogen) atoms. The second-order valence-electron chi connectivity index (χ2n) is 4.80. The van der Waals surface area contributed by atoms with Crippen molar-refractivity contribution < 1.29 is 4.92 Å². The van der Waals surface area contributed by atoms with Crippen LogP contribution >= 0.6 is 11.3 Å². The molecule has 7 nitrogen and oxygen atoms in total. The van der Waals surface area contributed by atoms with Gasteiger partial charge < -0.3 is 0 Å². The van der Waals surface area contributed by atoms with E-state index in [2.05, 4.69) is 15.3 Å². The van der Waals surface area contributed by atoms with Crippen LogP contribution in [0, 0.1) is 10.1 Å². The number of nitrogens with zero attached hydrogens (tertiary/aromatic N) is 5. The first-order valence-electron chi connectivity index (χ1n) is 6.75. The van der Waals surface area contributed by atoms with E-state index in [0.717, 1.165) is 16.1 Å². The second kappa shape index (κ2) is 5.25. The van der Waals surface area contributed by atoms with Crippen molar-refractivity contribution in [2.24, 2.45) is 0 Å². The Labute approximate surface area is 134 Å². The van der Waals surface area contributed by atoms with Crippen LogP contribution in [0.4, 0.5) is 5.69 Å². The average molecular weight is 323 g/mol. The van der Waals surface area contributed by atoms with Crippen LogP contribution in [0.5, 0.6) is 0 Å². The van der Waals surface area contributed by atoms with E-state index < -0.39 is 4.92 Å². The van der Waals surface area contributed by atoms with Crippen LogP contribution < -0.4 is 0 Å². The summed E-state index contributed by atoms with van der Waals surface area (Å²) in [7, 11) is 0. The summed E-state index contributed by atoms with van der Waals surface area (Å²) in [6, 6.07) is 16.0.